The summed E-state index contributed by atoms with van der Waals surface area (Å²) in [6, 6.07) is 11.4. The molecule has 2 aromatic heterocycles. The van der Waals surface area contributed by atoms with Crippen LogP contribution in [0.15, 0.2) is 59.0 Å². The topological polar surface area (TPSA) is 72.2 Å². The Bertz CT molecular complexity index is 971. The van der Waals surface area contributed by atoms with Gasteiger partial charge in [-0.05, 0) is 44.2 Å². The van der Waals surface area contributed by atoms with E-state index in [1.807, 2.05) is 44.2 Å². The molecule has 1 aromatic carbocycles. The van der Waals surface area contributed by atoms with E-state index < -0.39 is 0 Å². The fourth-order valence-electron chi connectivity index (χ4n) is 2.63. The van der Waals surface area contributed by atoms with Gasteiger partial charge >= 0.3 is 0 Å². The molecule has 3 aromatic rings. The average Bonchev–Trinajstić information content (AvgIpc) is 2.94. The molecular weight excluding hydrogens is 382 g/mol. The first-order chi connectivity index (χ1) is 13.0. The highest BCUT2D eigenvalue weighted by Gasteiger charge is 2.10. The first kappa shape index (κ1) is 19.1. The highest BCUT2D eigenvalue weighted by molar-refractivity contribution is 7.99. The normalized spacial score (nSPS) is 11.1. The standard InChI is InChI=1S/C19H18ClN5OS/c1-13-9-15(14(2)25(13)17-6-3-5-16(20)10-17)11-23-24-18(26)12-27-19-21-7-4-8-22-19/h3-11H,12H2,1-2H3,(H,24,26)/b23-11-. The number of hydrogen-bond donors (Lipinski definition) is 1. The van der Waals surface area contributed by atoms with E-state index in [2.05, 4.69) is 25.1 Å². The number of carbonyl (C=O) groups excluding carboxylic acids is 1. The summed E-state index contributed by atoms with van der Waals surface area (Å²) in [5.74, 6) is -0.0181. The van der Waals surface area contributed by atoms with Crippen LogP contribution in [-0.2, 0) is 4.79 Å². The number of nitrogens with zero attached hydrogens (tertiary/aromatic N) is 4. The summed E-state index contributed by atoms with van der Waals surface area (Å²) in [7, 11) is 0. The summed E-state index contributed by atoms with van der Waals surface area (Å²) in [5.41, 5.74) is 6.51. The van der Waals surface area contributed by atoms with Crippen LogP contribution in [0, 0.1) is 13.8 Å². The third kappa shape index (κ3) is 4.96. The fraction of sp³-hybridized carbons (Fsp3) is 0.158. The summed E-state index contributed by atoms with van der Waals surface area (Å²) in [6.07, 6.45) is 4.92. The summed E-state index contributed by atoms with van der Waals surface area (Å²) in [5, 5.41) is 5.30. The number of aromatic nitrogens is 3. The molecule has 0 bridgehead atoms. The molecule has 6 nitrogen and oxygen atoms in total. The molecule has 0 aliphatic rings. The molecule has 0 radical (unpaired) electrons. The van der Waals surface area contributed by atoms with Gasteiger partial charge in [0.15, 0.2) is 5.16 Å². The van der Waals surface area contributed by atoms with Crippen LogP contribution in [0.4, 0.5) is 0 Å². The zero-order valence-electron chi connectivity index (χ0n) is 14.9. The summed E-state index contributed by atoms with van der Waals surface area (Å²) < 4.78 is 2.09. The lowest BCUT2D eigenvalue weighted by Crippen LogP contribution is -2.19. The maximum atomic E-state index is 11.9. The number of thioether (sulfide) groups is 1. The number of amides is 1. The highest BCUT2D eigenvalue weighted by Crippen LogP contribution is 2.22. The molecule has 8 heteroatoms. The molecule has 1 amide bonds. The minimum atomic E-state index is -0.215. The number of hydrazone groups is 1. The second-order valence-electron chi connectivity index (χ2n) is 5.75. The van der Waals surface area contributed by atoms with Crippen LogP contribution in [0.25, 0.3) is 5.69 Å². The number of hydrogen-bond acceptors (Lipinski definition) is 5. The van der Waals surface area contributed by atoms with E-state index in [4.69, 9.17) is 11.6 Å². The van der Waals surface area contributed by atoms with Crippen LogP contribution in [0.1, 0.15) is 17.0 Å². The van der Waals surface area contributed by atoms with Gasteiger partial charge in [0.25, 0.3) is 5.91 Å². The van der Waals surface area contributed by atoms with Crippen LogP contribution < -0.4 is 5.43 Å². The Labute approximate surface area is 166 Å². The minimum absolute atomic E-state index is 0.197. The third-order valence-electron chi connectivity index (χ3n) is 3.80. The molecule has 138 valence electrons. The maximum Gasteiger partial charge on any atom is 0.250 e. The van der Waals surface area contributed by atoms with Crippen molar-refractivity contribution < 1.29 is 4.79 Å². The highest BCUT2D eigenvalue weighted by atomic mass is 35.5. The van der Waals surface area contributed by atoms with Crippen molar-refractivity contribution in [3.8, 4) is 5.69 Å². The molecule has 2 heterocycles. The van der Waals surface area contributed by atoms with Crippen LogP contribution in [0.5, 0.6) is 0 Å². The predicted molar refractivity (Wildman–Crippen MR) is 109 cm³/mol. The third-order valence-corrected chi connectivity index (χ3v) is 4.91. The zero-order chi connectivity index (χ0) is 19.2. The van der Waals surface area contributed by atoms with Gasteiger partial charge in [0.05, 0.1) is 12.0 Å². The predicted octanol–water partition coefficient (Wildman–Crippen LogP) is 3.78. The van der Waals surface area contributed by atoms with E-state index in [1.54, 1.807) is 24.7 Å². The largest absolute Gasteiger partial charge is 0.318 e. The summed E-state index contributed by atoms with van der Waals surface area (Å²) in [6.45, 7) is 4.01. The second-order valence-corrected chi connectivity index (χ2v) is 7.13. The molecule has 0 atom stereocenters. The number of rotatable bonds is 6. The molecule has 3 rings (SSSR count). The van der Waals surface area contributed by atoms with Crippen LogP contribution >= 0.6 is 23.4 Å². The summed E-state index contributed by atoms with van der Waals surface area (Å²) in [4.78, 5) is 20.0. The lowest BCUT2D eigenvalue weighted by Gasteiger charge is -2.09. The Morgan fingerprint density at radius 3 is 2.78 bits per heavy atom. The van der Waals surface area contributed by atoms with Crippen molar-refractivity contribution in [3.05, 3.63) is 70.8 Å². The molecule has 0 unspecified atom stereocenters. The molecule has 0 aliphatic heterocycles. The van der Waals surface area contributed by atoms with Crippen molar-refractivity contribution in [1.82, 2.24) is 20.0 Å². The van der Waals surface area contributed by atoms with Crippen molar-refractivity contribution in [2.45, 2.75) is 19.0 Å². The van der Waals surface area contributed by atoms with Gasteiger partial charge in [-0.2, -0.15) is 5.10 Å². The van der Waals surface area contributed by atoms with Gasteiger partial charge in [-0.3, -0.25) is 4.79 Å². The van der Waals surface area contributed by atoms with E-state index in [0.29, 0.717) is 10.2 Å². The lowest BCUT2D eigenvalue weighted by molar-refractivity contribution is -0.118. The average molecular weight is 400 g/mol. The van der Waals surface area contributed by atoms with E-state index >= 15 is 0 Å². The molecule has 1 N–H and O–H groups in total. The van der Waals surface area contributed by atoms with E-state index in [0.717, 1.165) is 22.6 Å². The number of halogens is 1. The van der Waals surface area contributed by atoms with Gasteiger partial charge in [-0.25, -0.2) is 15.4 Å². The summed E-state index contributed by atoms with van der Waals surface area (Å²) >= 11 is 7.36. The Morgan fingerprint density at radius 1 is 1.26 bits per heavy atom. The molecule has 0 spiro atoms. The quantitative estimate of drug-likeness (QED) is 0.296. The van der Waals surface area contributed by atoms with Crippen molar-refractivity contribution in [2.24, 2.45) is 5.10 Å². The Morgan fingerprint density at radius 2 is 2.04 bits per heavy atom. The lowest BCUT2D eigenvalue weighted by atomic mass is 10.2. The van der Waals surface area contributed by atoms with Gasteiger partial charge in [0.2, 0.25) is 0 Å². The first-order valence-electron chi connectivity index (χ1n) is 8.21. The molecule has 0 aliphatic carbocycles. The van der Waals surface area contributed by atoms with Crippen molar-refractivity contribution in [1.29, 1.82) is 0 Å². The number of benzene rings is 1. The monoisotopic (exact) mass is 399 g/mol. The number of nitrogens with one attached hydrogen (secondary N) is 1. The van der Waals surface area contributed by atoms with E-state index in [-0.39, 0.29) is 11.7 Å². The molecule has 27 heavy (non-hydrogen) atoms. The van der Waals surface area contributed by atoms with Crippen LogP contribution in [0.3, 0.4) is 0 Å². The Kier molecular flexibility index (Phi) is 6.26. The van der Waals surface area contributed by atoms with Crippen LogP contribution in [-0.4, -0.2) is 32.4 Å². The van der Waals surface area contributed by atoms with Crippen LogP contribution in [0.2, 0.25) is 5.02 Å². The van der Waals surface area contributed by atoms with Gasteiger partial charge in [0.1, 0.15) is 0 Å². The zero-order valence-corrected chi connectivity index (χ0v) is 16.5. The Hall–Kier alpha value is -2.64. The molecular formula is C19H18ClN5OS. The van der Waals surface area contributed by atoms with Crippen molar-refractivity contribution in [3.63, 3.8) is 0 Å². The van der Waals surface area contributed by atoms with Crippen molar-refractivity contribution >= 4 is 35.5 Å². The number of aryl methyl sites for hydroxylation is 1. The van der Waals surface area contributed by atoms with Gasteiger partial charge in [0, 0.05) is 40.1 Å². The van der Waals surface area contributed by atoms with E-state index in [1.165, 1.54) is 11.8 Å². The molecule has 0 fully saturated rings. The van der Waals surface area contributed by atoms with Gasteiger partial charge < -0.3 is 4.57 Å². The van der Waals surface area contributed by atoms with E-state index in [9.17, 15) is 4.79 Å². The van der Waals surface area contributed by atoms with Gasteiger partial charge in [-0.15, -0.1) is 0 Å². The van der Waals surface area contributed by atoms with Crippen molar-refractivity contribution in [2.75, 3.05) is 5.75 Å². The smallest absolute Gasteiger partial charge is 0.250 e. The second kappa shape index (κ2) is 8.83. The maximum absolute atomic E-state index is 11.9. The number of carbonyl (C=O) groups is 1. The molecule has 0 saturated carbocycles. The molecule has 0 saturated heterocycles. The van der Waals surface area contributed by atoms with Gasteiger partial charge in [-0.1, -0.05) is 29.4 Å². The SMILES string of the molecule is Cc1cc(/C=N\NC(=O)CSc2ncccn2)c(C)n1-c1cccc(Cl)c1. The fourth-order valence-corrected chi connectivity index (χ4v) is 3.41. The first-order valence-corrected chi connectivity index (χ1v) is 9.57. The minimum Gasteiger partial charge on any atom is -0.318 e. The Balaban J connectivity index is 1.64.